The first kappa shape index (κ1) is 23.8. The monoisotopic (exact) mass is 479 g/mol. The Morgan fingerprint density at radius 2 is 1.50 bits per heavy atom. The van der Waals surface area contributed by atoms with Gasteiger partial charge in [-0.05, 0) is 35.7 Å². The minimum Gasteiger partial charge on any atom is -0.454 e. The van der Waals surface area contributed by atoms with Gasteiger partial charge in [0.25, 0.3) is 0 Å². The molecule has 176 valence electrons. The van der Waals surface area contributed by atoms with E-state index in [0.29, 0.717) is 24.3 Å². The molecule has 1 fully saturated rings. The van der Waals surface area contributed by atoms with Crippen molar-refractivity contribution in [3.05, 3.63) is 89.5 Å². The maximum Gasteiger partial charge on any atom is 0.338 e. The van der Waals surface area contributed by atoms with Gasteiger partial charge in [0.1, 0.15) is 0 Å². The van der Waals surface area contributed by atoms with Crippen molar-refractivity contribution in [1.29, 1.82) is 0 Å². The molecule has 1 saturated heterocycles. The highest BCUT2D eigenvalue weighted by atomic mass is 32.2. The molecular weight excluding hydrogens is 454 g/mol. The Kier molecular flexibility index (Phi) is 7.21. The van der Waals surface area contributed by atoms with Crippen molar-refractivity contribution >= 4 is 21.8 Å². The van der Waals surface area contributed by atoms with Crippen LogP contribution in [0.3, 0.4) is 0 Å². The molecule has 0 bridgehead atoms. The number of ether oxygens (including phenoxy) is 2. The molecule has 0 amide bonds. The van der Waals surface area contributed by atoms with Crippen molar-refractivity contribution in [1.82, 2.24) is 4.31 Å². The first-order valence-electron chi connectivity index (χ1n) is 10.9. The van der Waals surface area contributed by atoms with Crippen LogP contribution in [-0.2, 0) is 19.5 Å². The quantitative estimate of drug-likeness (QED) is 0.379. The smallest absolute Gasteiger partial charge is 0.338 e. The summed E-state index contributed by atoms with van der Waals surface area (Å²) in [5.41, 5.74) is 3.03. The number of hydrogen-bond acceptors (Lipinski definition) is 6. The third kappa shape index (κ3) is 5.25. The molecule has 3 aromatic rings. The van der Waals surface area contributed by atoms with Gasteiger partial charge in [-0.2, -0.15) is 4.31 Å². The summed E-state index contributed by atoms with van der Waals surface area (Å²) in [6.45, 7) is 2.40. The van der Waals surface area contributed by atoms with Crippen molar-refractivity contribution in [3.8, 4) is 11.1 Å². The van der Waals surface area contributed by atoms with E-state index in [4.69, 9.17) is 9.47 Å². The van der Waals surface area contributed by atoms with E-state index >= 15 is 0 Å². The van der Waals surface area contributed by atoms with Crippen molar-refractivity contribution in [2.75, 3.05) is 32.9 Å². The molecule has 0 atom stereocenters. The van der Waals surface area contributed by atoms with Gasteiger partial charge in [0.2, 0.25) is 10.0 Å². The van der Waals surface area contributed by atoms with E-state index in [1.54, 1.807) is 25.1 Å². The molecule has 0 N–H and O–H groups in total. The Balaban J connectivity index is 1.43. The molecule has 1 aliphatic heterocycles. The van der Waals surface area contributed by atoms with E-state index in [0.717, 1.165) is 11.1 Å². The minimum absolute atomic E-state index is 0.0478. The Labute approximate surface area is 199 Å². The van der Waals surface area contributed by atoms with Gasteiger partial charge in [0.15, 0.2) is 12.4 Å². The lowest BCUT2D eigenvalue weighted by molar-refractivity contribution is 0.0474. The highest BCUT2D eigenvalue weighted by molar-refractivity contribution is 7.89. The largest absolute Gasteiger partial charge is 0.454 e. The molecule has 7 nitrogen and oxygen atoms in total. The normalized spacial score (nSPS) is 14.5. The van der Waals surface area contributed by atoms with Crippen LogP contribution in [0.25, 0.3) is 11.1 Å². The summed E-state index contributed by atoms with van der Waals surface area (Å²) in [4.78, 5) is 25.2. The maximum atomic E-state index is 13.0. The molecule has 1 aliphatic rings. The highest BCUT2D eigenvalue weighted by Gasteiger charge is 2.28. The van der Waals surface area contributed by atoms with Gasteiger partial charge in [-0.3, -0.25) is 4.79 Å². The zero-order valence-electron chi connectivity index (χ0n) is 18.8. The molecule has 1 heterocycles. The average molecular weight is 480 g/mol. The SMILES string of the molecule is Cc1ccc(C(=O)OCC(=O)c2ccc(-c3ccccc3)cc2)cc1S(=O)(=O)N1CCOCC1. The summed E-state index contributed by atoms with van der Waals surface area (Å²) in [5, 5.41) is 0. The van der Waals surface area contributed by atoms with E-state index in [-0.39, 0.29) is 29.3 Å². The Hall–Kier alpha value is -3.33. The third-order valence-electron chi connectivity index (χ3n) is 5.66. The molecule has 8 heteroatoms. The highest BCUT2D eigenvalue weighted by Crippen LogP contribution is 2.23. The van der Waals surface area contributed by atoms with Gasteiger partial charge < -0.3 is 9.47 Å². The number of hydrogen-bond donors (Lipinski definition) is 0. The molecule has 3 aromatic carbocycles. The van der Waals surface area contributed by atoms with E-state index in [1.165, 1.54) is 16.4 Å². The Bertz CT molecular complexity index is 1280. The zero-order chi connectivity index (χ0) is 24.1. The number of aryl methyl sites for hydroxylation is 1. The number of benzene rings is 3. The summed E-state index contributed by atoms with van der Waals surface area (Å²) < 4.78 is 37.8. The van der Waals surface area contributed by atoms with Gasteiger partial charge in [-0.15, -0.1) is 0 Å². The fourth-order valence-corrected chi connectivity index (χ4v) is 5.37. The van der Waals surface area contributed by atoms with Gasteiger partial charge in [-0.25, -0.2) is 13.2 Å². The molecule has 0 aromatic heterocycles. The molecule has 4 rings (SSSR count). The first-order valence-corrected chi connectivity index (χ1v) is 12.3. The van der Waals surface area contributed by atoms with E-state index < -0.39 is 22.6 Å². The third-order valence-corrected chi connectivity index (χ3v) is 7.70. The maximum absolute atomic E-state index is 13.0. The predicted octanol–water partition coefficient (Wildman–Crippen LogP) is 3.72. The minimum atomic E-state index is -3.77. The van der Waals surface area contributed by atoms with E-state index in [2.05, 4.69) is 0 Å². The second-order valence-corrected chi connectivity index (χ2v) is 9.85. The van der Waals surface area contributed by atoms with Crippen LogP contribution in [0.1, 0.15) is 26.3 Å². The van der Waals surface area contributed by atoms with Crippen molar-refractivity contribution < 1.29 is 27.5 Å². The number of carbonyl (C=O) groups excluding carboxylic acids is 2. The fraction of sp³-hybridized carbons (Fsp3) is 0.231. The van der Waals surface area contributed by atoms with Crippen molar-refractivity contribution in [2.45, 2.75) is 11.8 Å². The summed E-state index contributed by atoms with van der Waals surface area (Å²) in [6, 6.07) is 21.2. The van der Waals surface area contributed by atoms with Crippen LogP contribution in [0.5, 0.6) is 0 Å². The predicted molar refractivity (Wildman–Crippen MR) is 127 cm³/mol. The lowest BCUT2D eigenvalue weighted by Gasteiger charge is -2.26. The van der Waals surface area contributed by atoms with Crippen LogP contribution in [0.15, 0.2) is 77.7 Å². The molecule has 0 saturated carbocycles. The molecule has 0 aliphatic carbocycles. The standard InChI is InChI=1S/C26H25NO6S/c1-19-7-8-23(17-25(19)34(30,31)27-13-15-32-16-14-27)26(29)33-18-24(28)22-11-9-21(10-12-22)20-5-3-2-4-6-20/h2-12,17H,13-16,18H2,1H3. The number of nitrogens with zero attached hydrogens (tertiary/aromatic N) is 1. The van der Waals surface area contributed by atoms with Gasteiger partial charge in [0.05, 0.1) is 23.7 Å². The number of ketones is 1. The van der Waals surface area contributed by atoms with Crippen molar-refractivity contribution in [3.63, 3.8) is 0 Å². The molecule has 0 unspecified atom stereocenters. The number of rotatable bonds is 7. The van der Waals surface area contributed by atoms with Crippen LogP contribution in [-0.4, -0.2) is 57.4 Å². The fourth-order valence-electron chi connectivity index (χ4n) is 3.71. The van der Waals surface area contributed by atoms with Crippen molar-refractivity contribution in [2.24, 2.45) is 0 Å². The molecule has 34 heavy (non-hydrogen) atoms. The zero-order valence-corrected chi connectivity index (χ0v) is 19.6. The van der Waals surface area contributed by atoms with Crippen LogP contribution in [0, 0.1) is 6.92 Å². The average Bonchev–Trinajstić information content (AvgIpc) is 2.88. The first-order chi connectivity index (χ1) is 16.4. The van der Waals surface area contributed by atoms with Crippen LogP contribution < -0.4 is 0 Å². The summed E-state index contributed by atoms with van der Waals surface area (Å²) in [5.74, 6) is -1.10. The second kappa shape index (κ2) is 10.3. The van der Waals surface area contributed by atoms with Gasteiger partial charge >= 0.3 is 5.97 Å². The Morgan fingerprint density at radius 3 is 2.18 bits per heavy atom. The van der Waals surface area contributed by atoms with Crippen LogP contribution in [0.2, 0.25) is 0 Å². The summed E-state index contributed by atoms with van der Waals surface area (Å²) in [7, 11) is -3.77. The van der Waals surface area contributed by atoms with Crippen LogP contribution in [0.4, 0.5) is 0 Å². The molecule has 0 spiro atoms. The molecule has 0 radical (unpaired) electrons. The second-order valence-electron chi connectivity index (χ2n) is 7.94. The van der Waals surface area contributed by atoms with Gasteiger partial charge in [-0.1, -0.05) is 60.7 Å². The number of morpholine rings is 1. The lowest BCUT2D eigenvalue weighted by Crippen LogP contribution is -2.40. The lowest BCUT2D eigenvalue weighted by atomic mass is 10.0. The number of esters is 1. The summed E-state index contributed by atoms with van der Waals surface area (Å²) >= 11 is 0. The van der Waals surface area contributed by atoms with E-state index in [1.807, 2.05) is 42.5 Å². The Morgan fingerprint density at radius 1 is 0.882 bits per heavy atom. The van der Waals surface area contributed by atoms with Gasteiger partial charge in [0, 0.05) is 18.7 Å². The number of carbonyl (C=O) groups is 2. The summed E-state index contributed by atoms with van der Waals surface area (Å²) in [6.07, 6.45) is 0. The molecular formula is C26H25NO6S. The topological polar surface area (TPSA) is 90.0 Å². The van der Waals surface area contributed by atoms with E-state index in [9.17, 15) is 18.0 Å². The number of sulfonamides is 1. The van der Waals surface area contributed by atoms with Crippen LogP contribution >= 0.6 is 0 Å². The number of Topliss-reactive ketones (excluding diaryl/α,β-unsaturated/α-hetero) is 1.